The molecule has 0 aliphatic carbocycles. The van der Waals surface area contributed by atoms with E-state index in [1.807, 2.05) is 13.8 Å². The molecule has 0 atom stereocenters. The third-order valence-electron chi connectivity index (χ3n) is 4.26. The number of ketones is 1. The Morgan fingerprint density at radius 1 is 1.00 bits per heavy atom. The van der Waals surface area contributed by atoms with Crippen LogP contribution in [0.1, 0.15) is 54.9 Å². The number of hydrazine groups is 1. The summed E-state index contributed by atoms with van der Waals surface area (Å²) in [7, 11) is 0. The fourth-order valence-electron chi connectivity index (χ4n) is 2.70. The first-order valence-electron chi connectivity index (χ1n) is 8.80. The van der Waals surface area contributed by atoms with Crippen LogP contribution < -0.4 is 10.9 Å². The summed E-state index contributed by atoms with van der Waals surface area (Å²) in [5.41, 5.74) is 7.18. The van der Waals surface area contributed by atoms with E-state index in [-0.39, 0.29) is 17.5 Å². The van der Waals surface area contributed by atoms with Gasteiger partial charge in [0.05, 0.1) is 4.88 Å². The highest BCUT2D eigenvalue weighted by atomic mass is 32.1. The van der Waals surface area contributed by atoms with Gasteiger partial charge in [-0.25, -0.2) is 0 Å². The molecule has 0 unspecified atom stereocenters. The zero-order valence-electron chi connectivity index (χ0n) is 15.8. The van der Waals surface area contributed by atoms with Crippen molar-refractivity contribution in [1.82, 2.24) is 10.9 Å². The summed E-state index contributed by atoms with van der Waals surface area (Å²) in [5, 5.41) is 0. The molecule has 0 bridgehead atoms. The number of furan rings is 1. The SMILES string of the molecule is CCc1sc(C(=O)NNC(=O)c2ccc(-c3ccc(C(C)=O)cc3)o2)cc1C. The van der Waals surface area contributed by atoms with Crippen LogP contribution in [0.3, 0.4) is 0 Å². The average molecular weight is 396 g/mol. The fraction of sp³-hybridized carbons (Fsp3) is 0.190. The van der Waals surface area contributed by atoms with Gasteiger partial charge in [0.2, 0.25) is 0 Å². The molecule has 3 rings (SSSR count). The van der Waals surface area contributed by atoms with Crippen molar-refractivity contribution in [1.29, 1.82) is 0 Å². The second-order valence-corrected chi connectivity index (χ2v) is 7.41. The molecule has 1 aromatic carbocycles. The van der Waals surface area contributed by atoms with Gasteiger partial charge >= 0.3 is 5.91 Å². The van der Waals surface area contributed by atoms with Crippen LogP contribution in [0.5, 0.6) is 0 Å². The molecule has 7 heteroatoms. The number of aryl methyl sites for hydroxylation is 2. The summed E-state index contributed by atoms with van der Waals surface area (Å²) in [6, 6.07) is 11.9. The van der Waals surface area contributed by atoms with Gasteiger partial charge in [0.25, 0.3) is 5.91 Å². The Kier molecular flexibility index (Phi) is 5.75. The van der Waals surface area contributed by atoms with Crippen LogP contribution >= 0.6 is 11.3 Å². The Labute approximate surface area is 166 Å². The van der Waals surface area contributed by atoms with Gasteiger partial charge in [0.15, 0.2) is 11.5 Å². The minimum atomic E-state index is -0.552. The van der Waals surface area contributed by atoms with Crippen LogP contribution in [0.15, 0.2) is 46.9 Å². The molecular weight excluding hydrogens is 376 g/mol. The van der Waals surface area contributed by atoms with Crippen molar-refractivity contribution in [3.05, 3.63) is 69.1 Å². The minimum Gasteiger partial charge on any atom is -0.451 e. The molecule has 2 amide bonds. The summed E-state index contributed by atoms with van der Waals surface area (Å²) in [6.45, 7) is 5.49. The van der Waals surface area contributed by atoms with Crippen LogP contribution in [0.2, 0.25) is 0 Å². The highest BCUT2D eigenvalue weighted by Crippen LogP contribution is 2.23. The molecule has 28 heavy (non-hydrogen) atoms. The van der Waals surface area contributed by atoms with Gasteiger partial charge in [-0.3, -0.25) is 25.2 Å². The Bertz CT molecular complexity index is 1030. The number of hydrogen-bond acceptors (Lipinski definition) is 5. The van der Waals surface area contributed by atoms with Gasteiger partial charge in [-0.1, -0.05) is 31.2 Å². The summed E-state index contributed by atoms with van der Waals surface area (Å²) >= 11 is 1.41. The quantitative estimate of drug-likeness (QED) is 0.501. The molecule has 2 heterocycles. The van der Waals surface area contributed by atoms with Crippen LogP contribution in [0.4, 0.5) is 0 Å². The van der Waals surface area contributed by atoms with Gasteiger partial charge < -0.3 is 4.42 Å². The molecule has 2 aromatic heterocycles. The molecule has 0 saturated heterocycles. The number of amides is 2. The lowest BCUT2D eigenvalue weighted by Gasteiger charge is -2.04. The monoisotopic (exact) mass is 396 g/mol. The highest BCUT2D eigenvalue weighted by Gasteiger charge is 2.16. The van der Waals surface area contributed by atoms with Crippen LogP contribution in [0, 0.1) is 6.92 Å². The van der Waals surface area contributed by atoms with Crippen LogP contribution in [-0.4, -0.2) is 17.6 Å². The van der Waals surface area contributed by atoms with Gasteiger partial charge in [0, 0.05) is 16.0 Å². The van der Waals surface area contributed by atoms with Crippen molar-refractivity contribution in [2.24, 2.45) is 0 Å². The van der Waals surface area contributed by atoms with Gasteiger partial charge in [-0.2, -0.15) is 0 Å². The summed E-state index contributed by atoms with van der Waals surface area (Å²) in [4.78, 5) is 37.5. The maximum Gasteiger partial charge on any atom is 0.305 e. The number of carbonyl (C=O) groups excluding carboxylic acids is 3. The van der Waals surface area contributed by atoms with E-state index in [9.17, 15) is 14.4 Å². The zero-order valence-corrected chi connectivity index (χ0v) is 16.6. The van der Waals surface area contributed by atoms with Crippen molar-refractivity contribution < 1.29 is 18.8 Å². The molecule has 3 aromatic rings. The number of thiophene rings is 1. The Morgan fingerprint density at radius 2 is 1.68 bits per heavy atom. The lowest BCUT2D eigenvalue weighted by Crippen LogP contribution is -2.41. The average Bonchev–Trinajstić information content (AvgIpc) is 3.32. The molecule has 0 aliphatic heterocycles. The van der Waals surface area contributed by atoms with Crippen molar-refractivity contribution in [3.63, 3.8) is 0 Å². The number of Topliss-reactive ketones (excluding diaryl/α,β-unsaturated/α-hetero) is 1. The molecule has 6 nitrogen and oxygen atoms in total. The summed E-state index contributed by atoms with van der Waals surface area (Å²) in [6.07, 6.45) is 0.860. The van der Waals surface area contributed by atoms with Crippen molar-refractivity contribution in [2.75, 3.05) is 0 Å². The van der Waals surface area contributed by atoms with E-state index in [1.165, 1.54) is 24.3 Å². The first-order chi connectivity index (χ1) is 13.4. The van der Waals surface area contributed by atoms with E-state index in [0.29, 0.717) is 16.2 Å². The summed E-state index contributed by atoms with van der Waals surface area (Å²) in [5.74, 6) is -0.374. The maximum atomic E-state index is 12.2. The van der Waals surface area contributed by atoms with E-state index in [1.54, 1.807) is 36.4 Å². The molecule has 0 aliphatic rings. The molecule has 0 fully saturated rings. The van der Waals surface area contributed by atoms with Crippen LogP contribution in [0.25, 0.3) is 11.3 Å². The summed E-state index contributed by atoms with van der Waals surface area (Å²) < 4.78 is 5.56. The lowest BCUT2D eigenvalue weighted by atomic mass is 10.1. The van der Waals surface area contributed by atoms with Gasteiger partial charge in [-0.05, 0) is 44.0 Å². The molecule has 0 saturated carbocycles. The third-order valence-corrected chi connectivity index (χ3v) is 5.64. The highest BCUT2D eigenvalue weighted by molar-refractivity contribution is 7.14. The zero-order chi connectivity index (χ0) is 20.3. The number of carbonyl (C=O) groups is 3. The molecule has 144 valence electrons. The molecule has 2 N–H and O–H groups in total. The molecular formula is C21H20N2O4S. The lowest BCUT2D eigenvalue weighted by molar-refractivity contribution is 0.0833. The maximum absolute atomic E-state index is 12.2. The van der Waals surface area contributed by atoms with Gasteiger partial charge in [0.1, 0.15) is 5.76 Å². The van der Waals surface area contributed by atoms with Crippen molar-refractivity contribution in [2.45, 2.75) is 27.2 Å². The largest absolute Gasteiger partial charge is 0.451 e. The number of nitrogens with one attached hydrogen (secondary N) is 2. The second-order valence-electron chi connectivity index (χ2n) is 6.28. The van der Waals surface area contributed by atoms with Crippen molar-refractivity contribution in [3.8, 4) is 11.3 Å². The molecule has 0 spiro atoms. The van der Waals surface area contributed by atoms with E-state index in [4.69, 9.17) is 4.42 Å². The van der Waals surface area contributed by atoms with E-state index < -0.39 is 5.91 Å². The first-order valence-corrected chi connectivity index (χ1v) is 9.62. The number of benzene rings is 1. The number of rotatable bonds is 5. The predicted octanol–water partition coefficient (Wildman–Crippen LogP) is 4.16. The fourth-order valence-corrected chi connectivity index (χ4v) is 3.71. The number of hydrogen-bond donors (Lipinski definition) is 2. The Morgan fingerprint density at radius 3 is 2.29 bits per heavy atom. The third kappa shape index (κ3) is 4.20. The Balaban J connectivity index is 1.63. The normalized spacial score (nSPS) is 10.5. The Hall–Kier alpha value is -3.19. The molecule has 0 radical (unpaired) electrons. The minimum absolute atomic E-state index is 0.0196. The van der Waals surface area contributed by atoms with Gasteiger partial charge in [-0.15, -0.1) is 11.3 Å². The van der Waals surface area contributed by atoms with E-state index in [0.717, 1.165) is 22.4 Å². The second kappa shape index (κ2) is 8.22. The van der Waals surface area contributed by atoms with Crippen LogP contribution in [-0.2, 0) is 6.42 Å². The van der Waals surface area contributed by atoms with E-state index >= 15 is 0 Å². The predicted molar refractivity (Wildman–Crippen MR) is 108 cm³/mol. The topological polar surface area (TPSA) is 88.4 Å². The standard InChI is InChI=1S/C21H20N2O4S/c1-4-18-12(2)11-19(28-18)21(26)23-22-20(25)17-10-9-16(27-17)15-7-5-14(6-8-15)13(3)24/h5-11H,4H2,1-3H3,(H,22,25)(H,23,26). The van der Waals surface area contributed by atoms with E-state index in [2.05, 4.69) is 10.9 Å². The smallest absolute Gasteiger partial charge is 0.305 e. The first kappa shape index (κ1) is 19.6. The van der Waals surface area contributed by atoms with Crippen molar-refractivity contribution >= 4 is 28.9 Å².